The largest absolute Gasteiger partial charge is 0.494 e. The van der Waals surface area contributed by atoms with Crippen molar-refractivity contribution in [1.82, 2.24) is 14.9 Å². The fourth-order valence-corrected chi connectivity index (χ4v) is 2.21. The molecule has 2 aromatic rings. The first-order chi connectivity index (χ1) is 9.19. The third kappa shape index (κ3) is 2.72. The van der Waals surface area contributed by atoms with E-state index >= 15 is 0 Å². The molecule has 6 heteroatoms. The number of ether oxygens (including phenoxy) is 1. The molecule has 102 valence electrons. The van der Waals surface area contributed by atoms with Gasteiger partial charge in [0.1, 0.15) is 11.3 Å². The number of hydrogen-bond acceptors (Lipinski definition) is 4. The first-order valence-corrected chi connectivity index (χ1v) is 6.44. The number of nitrogens with one attached hydrogen (secondary N) is 1. The summed E-state index contributed by atoms with van der Waals surface area (Å²) in [4.78, 5) is 16.6. The molecule has 0 fully saturated rings. The van der Waals surface area contributed by atoms with E-state index in [9.17, 15) is 4.79 Å². The highest BCUT2D eigenvalue weighted by atomic mass is 35.5. The maximum Gasteiger partial charge on any atom is 0.262 e. The van der Waals surface area contributed by atoms with Gasteiger partial charge >= 0.3 is 0 Å². The zero-order valence-electron chi connectivity index (χ0n) is 10.9. The monoisotopic (exact) mass is 281 g/mol. The van der Waals surface area contributed by atoms with Gasteiger partial charge in [0.2, 0.25) is 5.28 Å². The van der Waals surface area contributed by atoms with Gasteiger partial charge in [-0.05, 0) is 43.7 Å². The number of rotatable bonds is 5. The van der Waals surface area contributed by atoms with Crippen molar-refractivity contribution in [3.05, 3.63) is 33.8 Å². The van der Waals surface area contributed by atoms with Crippen molar-refractivity contribution in [3.8, 4) is 5.75 Å². The Labute approximate surface area is 116 Å². The van der Waals surface area contributed by atoms with E-state index in [-0.39, 0.29) is 10.8 Å². The Morgan fingerprint density at radius 1 is 1.47 bits per heavy atom. The van der Waals surface area contributed by atoms with E-state index in [0.717, 1.165) is 13.0 Å². The zero-order valence-corrected chi connectivity index (χ0v) is 11.7. The van der Waals surface area contributed by atoms with Crippen molar-refractivity contribution in [2.24, 2.45) is 0 Å². The maximum atomic E-state index is 12.4. The summed E-state index contributed by atoms with van der Waals surface area (Å²) in [5, 5.41) is 3.75. The summed E-state index contributed by atoms with van der Waals surface area (Å²) in [5.41, 5.74) is 0.370. The number of aromatic nitrogens is 2. The molecule has 19 heavy (non-hydrogen) atoms. The van der Waals surface area contributed by atoms with Gasteiger partial charge in [0.15, 0.2) is 0 Å². The van der Waals surface area contributed by atoms with Crippen LogP contribution in [0.5, 0.6) is 5.75 Å². The second-order valence-electron chi connectivity index (χ2n) is 4.15. The molecule has 0 atom stereocenters. The average Bonchev–Trinajstić information content (AvgIpc) is 2.42. The maximum absolute atomic E-state index is 12.4. The predicted molar refractivity (Wildman–Crippen MR) is 76.1 cm³/mol. The standard InChI is InChI=1S/C13H16ClN3O2/c1-15-7-4-8-17-12(18)9-5-3-6-10(19-2)11(9)16-13(17)14/h3,5-6,15H,4,7-8H2,1-2H3. The van der Waals surface area contributed by atoms with E-state index in [0.29, 0.717) is 23.2 Å². The molecule has 0 aliphatic rings. The van der Waals surface area contributed by atoms with Crippen LogP contribution in [0.3, 0.4) is 0 Å². The first-order valence-electron chi connectivity index (χ1n) is 6.06. The molecule has 0 amide bonds. The highest BCUT2D eigenvalue weighted by Gasteiger charge is 2.12. The lowest BCUT2D eigenvalue weighted by Gasteiger charge is -2.10. The molecule has 1 aromatic heterocycles. The Bertz CT molecular complexity index is 640. The van der Waals surface area contributed by atoms with Crippen LogP contribution in [0, 0.1) is 0 Å². The number of para-hydroxylation sites is 1. The summed E-state index contributed by atoms with van der Waals surface area (Å²) in [6.45, 7) is 1.36. The molecule has 1 heterocycles. The Kier molecular flexibility index (Phi) is 4.39. The minimum Gasteiger partial charge on any atom is -0.494 e. The van der Waals surface area contributed by atoms with Crippen LogP contribution in [0.4, 0.5) is 0 Å². The zero-order chi connectivity index (χ0) is 13.8. The van der Waals surface area contributed by atoms with Crippen LogP contribution in [0.1, 0.15) is 6.42 Å². The minimum atomic E-state index is -0.134. The Morgan fingerprint density at radius 2 is 2.26 bits per heavy atom. The van der Waals surface area contributed by atoms with E-state index in [1.54, 1.807) is 25.3 Å². The van der Waals surface area contributed by atoms with E-state index in [2.05, 4.69) is 10.3 Å². The average molecular weight is 282 g/mol. The van der Waals surface area contributed by atoms with E-state index in [1.807, 2.05) is 7.05 Å². The molecule has 0 saturated carbocycles. The molecule has 2 rings (SSSR count). The molecule has 0 spiro atoms. The predicted octanol–water partition coefficient (Wildman–Crippen LogP) is 1.67. The molecule has 0 unspecified atom stereocenters. The molecule has 0 aliphatic carbocycles. The summed E-state index contributed by atoms with van der Waals surface area (Å²) in [7, 11) is 3.41. The summed E-state index contributed by atoms with van der Waals surface area (Å²) in [6, 6.07) is 5.27. The van der Waals surface area contributed by atoms with Gasteiger partial charge in [-0.25, -0.2) is 4.98 Å². The minimum absolute atomic E-state index is 0.134. The lowest BCUT2D eigenvalue weighted by molar-refractivity contribution is 0.418. The fourth-order valence-electron chi connectivity index (χ4n) is 1.96. The molecular formula is C13H16ClN3O2. The topological polar surface area (TPSA) is 56.1 Å². The normalized spacial score (nSPS) is 10.9. The quantitative estimate of drug-likeness (QED) is 0.669. The third-order valence-corrected chi connectivity index (χ3v) is 3.22. The molecule has 0 radical (unpaired) electrons. The van der Waals surface area contributed by atoms with Crippen molar-refractivity contribution in [3.63, 3.8) is 0 Å². The summed E-state index contributed by atoms with van der Waals surface area (Å²) in [5.74, 6) is 0.555. The smallest absolute Gasteiger partial charge is 0.262 e. The van der Waals surface area contributed by atoms with Gasteiger partial charge in [0.25, 0.3) is 5.56 Å². The summed E-state index contributed by atoms with van der Waals surface area (Å²) in [6.07, 6.45) is 0.813. The van der Waals surface area contributed by atoms with Crippen molar-refractivity contribution in [2.75, 3.05) is 20.7 Å². The Balaban J connectivity index is 2.53. The van der Waals surface area contributed by atoms with Gasteiger partial charge in [-0.1, -0.05) is 6.07 Å². The third-order valence-electron chi connectivity index (χ3n) is 2.93. The molecule has 0 bridgehead atoms. The molecule has 1 aromatic carbocycles. The van der Waals surface area contributed by atoms with Gasteiger partial charge < -0.3 is 10.1 Å². The summed E-state index contributed by atoms with van der Waals surface area (Å²) < 4.78 is 6.68. The fraction of sp³-hybridized carbons (Fsp3) is 0.385. The van der Waals surface area contributed by atoms with Crippen molar-refractivity contribution in [2.45, 2.75) is 13.0 Å². The van der Waals surface area contributed by atoms with Crippen LogP contribution < -0.4 is 15.6 Å². The van der Waals surface area contributed by atoms with Crippen LogP contribution in [0.2, 0.25) is 5.28 Å². The lowest BCUT2D eigenvalue weighted by Crippen LogP contribution is -2.24. The van der Waals surface area contributed by atoms with Gasteiger partial charge in [-0.3, -0.25) is 9.36 Å². The highest BCUT2D eigenvalue weighted by Crippen LogP contribution is 2.22. The molecule has 0 saturated heterocycles. The van der Waals surface area contributed by atoms with Crippen LogP contribution in [-0.2, 0) is 6.54 Å². The number of hydrogen-bond donors (Lipinski definition) is 1. The molecular weight excluding hydrogens is 266 g/mol. The Morgan fingerprint density at radius 3 is 2.95 bits per heavy atom. The van der Waals surface area contributed by atoms with Gasteiger partial charge in [0, 0.05) is 6.54 Å². The van der Waals surface area contributed by atoms with E-state index in [4.69, 9.17) is 16.3 Å². The highest BCUT2D eigenvalue weighted by molar-refractivity contribution is 6.28. The first kappa shape index (κ1) is 13.8. The van der Waals surface area contributed by atoms with Crippen molar-refractivity contribution in [1.29, 1.82) is 0 Å². The van der Waals surface area contributed by atoms with Crippen LogP contribution in [0.15, 0.2) is 23.0 Å². The second kappa shape index (κ2) is 6.04. The van der Waals surface area contributed by atoms with Crippen LogP contribution in [-0.4, -0.2) is 30.3 Å². The van der Waals surface area contributed by atoms with E-state index < -0.39 is 0 Å². The van der Waals surface area contributed by atoms with Gasteiger partial charge in [0.05, 0.1) is 12.5 Å². The van der Waals surface area contributed by atoms with Crippen LogP contribution in [0.25, 0.3) is 10.9 Å². The Hall–Kier alpha value is -1.59. The summed E-state index contributed by atoms with van der Waals surface area (Å²) >= 11 is 6.09. The number of methoxy groups -OCH3 is 1. The molecule has 1 N–H and O–H groups in total. The van der Waals surface area contributed by atoms with E-state index in [1.165, 1.54) is 4.57 Å². The SMILES string of the molecule is CNCCCn1c(Cl)nc2c(OC)cccc2c1=O. The molecule has 0 aliphatic heterocycles. The number of benzene rings is 1. The van der Waals surface area contributed by atoms with Crippen molar-refractivity contribution < 1.29 is 4.74 Å². The number of nitrogens with zero attached hydrogens (tertiary/aromatic N) is 2. The number of halogens is 1. The second-order valence-corrected chi connectivity index (χ2v) is 4.49. The molecule has 5 nitrogen and oxygen atoms in total. The van der Waals surface area contributed by atoms with Crippen LogP contribution >= 0.6 is 11.6 Å². The lowest BCUT2D eigenvalue weighted by atomic mass is 10.2. The van der Waals surface area contributed by atoms with Gasteiger partial charge in [-0.2, -0.15) is 0 Å². The van der Waals surface area contributed by atoms with Crippen molar-refractivity contribution >= 4 is 22.5 Å². The van der Waals surface area contributed by atoms with Gasteiger partial charge in [-0.15, -0.1) is 0 Å². The number of fused-ring (bicyclic) bond motifs is 1.